The Morgan fingerprint density at radius 2 is 1.88 bits per heavy atom. The van der Waals surface area contributed by atoms with Crippen molar-refractivity contribution in [3.8, 4) is 0 Å². The molecule has 1 saturated heterocycles. The minimum Gasteiger partial charge on any atom is -0.389 e. The summed E-state index contributed by atoms with van der Waals surface area (Å²) in [5, 5.41) is 18.8. The molecule has 1 aliphatic rings. The topological polar surface area (TPSA) is 141 Å². The van der Waals surface area contributed by atoms with Gasteiger partial charge in [-0.3, -0.25) is 9.78 Å². The van der Waals surface area contributed by atoms with E-state index in [1.807, 2.05) is 0 Å². The van der Waals surface area contributed by atoms with E-state index in [0.29, 0.717) is 0 Å². The van der Waals surface area contributed by atoms with Crippen molar-refractivity contribution in [3.05, 3.63) is 10.4 Å². The van der Waals surface area contributed by atoms with Crippen LogP contribution in [0.5, 0.6) is 0 Å². The summed E-state index contributed by atoms with van der Waals surface area (Å²) in [6.07, 6.45) is -1.78. The van der Waals surface area contributed by atoms with E-state index in [1.54, 1.807) is 0 Å². The van der Waals surface area contributed by atoms with Crippen LogP contribution in [0.3, 0.4) is 0 Å². The van der Waals surface area contributed by atoms with E-state index in [-0.39, 0.29) is 30.5 Å². The molecule has 2 rings (SSSR count). The number of aromatic nitrogens is 2. The molecule has 0 spiro atoms. The molecule has 1 aromatic rings. The van der Waals surface area contributed by atoms with Gasteiger partial charge in [0.25, 0.3) is 5.56 Å². The predicted molar refractivity (Wildman–Crippen MR) is 57.9 cm³/mol. The van der Waals surface area contributed by atoms with Gasteiger partial charge in [0.2, 0.25) is 5.95 Å². The summed E-state index contributed by atoms with van der Waals surface area (Å²) in [6.45, 7) is 0.278. The van der Waals surface area contributed by atoms with Gasteiger partial charge in [-0.2, -0.15) is 4.98 Å². The summed E-state index contributed by atoms with van der Waals surface area (Å²) in [5.74, 6) is -0.0749. The van der Waals surface area contributed by atoms with Gasteiger partial charge < -0.3 is 26.6 Å². The largest absolute Gasteiger partial charge is 0.389 e. The second-order valence-corrected chi connectivity index (χ2v) is 3.72. The molecule has 0 saturated carbocycles. The van der Waals surface area contributed by atoms with Crippen molar-refractivity contribution >= 4 is 17.5 Å². The van der Waals surface area contributed by atoms with Crippen LogP contribution in [0.2, 0.25) is 0 Å². The number of hydrogen-bond acceptors (Lipinski definition) is 7. The smallest absolute Gasteiger partial charge is 0.278 e. The summed E-state index contributed by atoms with van der Waals surface area (Å²) in [6, 6.07) is 0. The van der Waals surface area contributed by atoms with Gasteiger partial charge in [-0.05, 0) is 0 Å². The molecule has 7 N–H and O–H groups in total. The number of hydrogen-bond donors (Lipinski definition) is 5. The Morgan fingerprint density at radius 1 is 1.31 bits per heavy atom. The van der Waals surface area contributed by atoms with Gasteiger partial charge in [0, 0.05) is 13.1 Å². The van der Waals surface area contributed by atoms with Gasteiger partial charge in [0.1, 0.15) is 5.69 Å². The van der Waals surface area contributed by atoms with Crippen molar-refractivity contribution in [2.75, 3.05) is 29.5 Å². The highest BCUT2D eigenvalue weighted by molar-refractivity contribution is 5.64. The third-order valence-electron chi connectivity index (χ3n) is 2.52. The van der Waals surface area contributed by atoms with E-state index in [1.165, 1.54) is 4.90 Å². The van der Waals surface area contributed by atoms with Crippen molar-refractivity contribution in [1.82, 2.24) is 9.97 Å². The van der Waals surface area contributed by atoms with Gasteiger partial charge in [0.05, 0.1) is 12.2 Å². The fourth-order valence-electron chi connectivity index (χ4n) is 1.76. The molecule has 8 heteroatoms. The van der Waals surface area contributed by atoms with Crippen LogP contribution in [0.4, 0.5) is 17.5 Å². The Balaban J connectivity index is 2.39. The third-order valence-corrected chi connectivity index (χ3v) is 2.52. The van der Waals surface area contributed by atoms with Crippen molar-refractivity contribution in [3.63, 3.8) is 0 Å². The van der Waals surface area contributed by atoms with E-state index < -0.39 is 17.8 Å². The van der Waals surface area contributed by atoms with Crippen molar-refractivity contribution in [2.24, 2.45) is 0 Å². The monoisotopic (exact) mass is 227 g/mol. The van der Waals surface area contributed by atoms with Gasteiger partial charge in [-0.15, -0.1) is 0 Å². The van der Waals surface area contributed by atoms with Crippen LogP contribution >= 0.6 is 0 Å². The van der Waals surface area contributed by atoms with E-state index in [9.17, 15) is 15.0 Å². The SMILES string of the molecule is Nc1nc(N)c(N2CC(O)C(O)C2)c(=O)[nH]1. The molecule has 1 aliphatic heterocycles. The van der Waals surface area contributed by atoms with Crippen LogP contribution in [-0.4, -0.2) is 45.5 Å². The number of aliphatic hydroxyl groups is 2. The second-order valence-electron chi connectivity index (χ2n) is 3.72. The van der Waals surface area contributed by atoms with E-state index in [2.05, 4.69) is 9.97 Å². The van der Waals surface area contributed by atoms with Gasteiger partial charge in [-0.1, -0.05) is 0 Å². The fourth-order valence-corrected chi connectivity index (χ4v) is 1.76. The first kappa shape index (κ1) is 10.7. The lowest BCUT2D eigenvalue weighted by Gasteiger charge is -2.17. The molecule has 1 fully saturated rings. The van der Waals surface area contributed by atoms with Gasteiger partial charge in [0.15, 0.2) is 5.82 Å². The quantitative estimate of drug-likeness (QED) is 0.356. The minimum absolute atomic E-state index is 0.0115. The zero-order valence-corrected chi connectivity index (χ0v) is 8.42. The fraction of sp³-hybridized carbons (Fsp3) is 0.500. The number of nitrogens with two attached hydrogens (primary N) is 2. The summed E-state index contributed by atoms with van der Waals surface area (Å²) < 4.78 is 0. The maximum Gasteiger partial charge on any atom is 0.278 e. The van der Waals surface area contributed by atoms with Crippen molar-refractivity contribution in [1.29, 1.82) is 0 Å². The summed E-state index contributed by atoms with van der Waals surface area (Å²) in [4.78, 5) is 19.1. The molecule has 88 valence electrons. The number of rotatable bonds is 1. The second kappa shape index (κ2) is 3.65. The van der Waals surface area contributed by atoms with Gasteiger partial charge >= 0.3 is 0 Å². The molecular formula is C8H13N5O3. The molecule has 0 aliphatic carbocycles. The average molecular weight is 227 g/mol. The Hall–Kier alpha value is -1.80. The zero-order valence-electron chi connectivity index (χ0n) is 8.42. The van der Waals surface area contributed by atoms with Crippen LogP contribution in [0.1, 0.15) is 0 Å². The first-order chi connectivity index (χ1) is 7.49. The molecule has 16 heavy (non-hydrogen) atoms. The molecule has 2 heterocycles. The maximum absolute atomic E-state index is 11.6. The predicted octanol–water partition coefficient (Wildman–Crippen LogP) is -2.52. The zero-order chi connectivity index (χ0) is 11.9. The highest BCUT2D eigenvalue weighted by atomic mass is 16.3. The highest BCUT2D eigenvalue weighted by Crippen LogP contribution is 2.21. The molecule has 2 atom stereocenters. The minimum atomic E-state index is -0.892. The van der Waals surface area contributed by atoms with Crippen molar-refractivity contribution < 1.29 is 10.2 Å². The molecule has 2 unspecified atom stereocenters. The Labute approximate surface area is 90.5 Å². The van der Waals surface area contributed by atoms with Gasteiger partial charge in [-0.25, -0.2) is 0 Å². The lowest BCUT2D eigenvalue weighted by molar-refractivity contribution is 0.0572. The molecule has 0 aromatic carbocycles. The van der Waals surface area contributed by atoms with Crippen LogP contribution in [0.15, 0.2) is 4.79 Å². The lowest BCUT2D eigenvalue weighted by atomic mass is 10.3. The number of H-pyrrole nitrogens is 1. The number of anilines is 3. The first-order valence-electron chi connectivity index (χ1n) is 4.75. The Bertz CT molecular complexity index is 449. The molecular weight excluding hydrogens is 214 g/mol. The van der Waals surface area contributed by atoms with Crippen LogP contribution in [0.25, 0.3) is 0 Å². The Morgan fingerprint density at radius 3 is 2.38 bits per heavy atom. The standard InChI is InChI=1S/C8H13N5O3/c9-6-5(7(16)12-8(10)11-6)13-1-3(14)4(15)2-13/h3-4,14-15H,1-2H2,(H5,9,10,11,12,16). The summed E-state index contributed by atoms with van der Waals surface area (Å²) in [5.41, 5.74) is 10.5. The normalized spacial score (nSPS) is 25.0. The maximum atomic E-state index is 11.6. The molecule has 1 aromatic heterocycles. The summed E-state index contributed by atoms with van der Waals surface area (Å²) >= 11 is 0. The number of β-amino-alcohol motifs (C(OH)–C–C–N with tert-alkyl or cyclic N) is 2. The lowest BCUT2D eigenvalue weighted by Crippen LogP contribution is -2.30. The molecule has 0 radical (unpaired) electrons. The number of nitrogens with one attached hydrogen (secondary N) is 1. The molecule has 0 amide bonds. The van der Waals surface area contributed by atoms with E-state index >= 15 is 0 Å². The number of aromatic amines is 1. The summed E-state index contributed by atoms with van der Waals surface area (Å²) in [7, 11) is 0. The van der Waals surface area contributed by atoms with Crippen LogP contribution in [-0.2, 0) is 0 Å². The van der Waals surface area contributed by atoms with Crippen LogP contribution in [0, 0.1) is 0 Å². The average Bonchev–Trinajstić information content (AvgIpc) is 2.44. The first-order valence-corrected chi connectivity index (χ1v) is 4.75. The Kier molecular flexibility index (Phi) is 2.44. The molecule has 8 nitrogen and oxygen atoms in total. The van der Waals surface area contributed by atoms with E-state index in [0.717, 1.165) is 0 Å². The van der Waals surface area contributed by atoms with Crippen molar-refractivity contribution in [2.45, 2.75) is 12.2 Å². The number of nitrogens with zero attached hydrogens (tertiary/aromatic N) is 2. The molecule has 0 bridgehead atoms. The number of nitrogen functional groups attached to an aromatic ring is 2. The third kappa shape index (κ3) is 1.68. The highest BCUT2D eigenvalue weighted by Gasteiger charge is 2.32. The van der Waals surface area contributed by atoms with Crippen LogP contribution < -0.4 is 21.9 Å². The number of aliphatic hydroxyl groups excluding tert-OH is 2. The van der Waals surface area contributed by atoms with E-state index in [4.69, 9.17) is 11.5 Å².